The molecule has 16 rings (SSSR count). The number of hydrogen-bond acceptors (Lipinski definition) is 12. The Bertz CT molecular complexity index is 4350. The van der Waals surface area contributed by atoms with Gasteiger partial charge in [0.1, 0.15) is 0 Å². The minimum atomic E-state index is 0.635. The Morgan fingerprint density at radius 1 is 0.146 bits per heavy atom. The number of nitrogens with zero attached hydrogens (tertiary/aromatic N) is 12. The van der Waals surface area contributed by atoms with Crippen LogP contribution in [0.5, 0.6) is 0 Å². The molecule has 0 atom stereocenters. The van der Waals surface area contributed by atoms with Gasteiger partial charge < -0.3 is 0 Å². The topological polar surface area (TPSA) is 155 Å². The fraction of sp³-hybridized carbons (Fsp3) is 0. The molecular weight excluding hydrogens is 1180 g/mol. The Kier molecular flexibility index (Phi) is 17.0. The summed E-state index contributed by atoms with van der Waals surface area (Å²) in [6, 6.07) is 100. The maximum atomic E-state index is 4.95. The van der Waals surface area contributed by atoms with Crippen molar-refractivity contribution in [2.75, 3.05) is 0 Å². The van der Waals surface area contributed by atoms with E-state index in [0.29, 0.717) is 34.9 Å². The van der Waals surface area contributed by atoms with Gasteiger partial charge in [-0.3, -0.25) is 19.9 Å². The van der Waals surface area contributed by atoms with Gasteiger partial charge in [-0.2, -0.15) is 0 Å². The Hall–Kier alpha value is -13.3. The van der Waals surface area contributed by atoms with E-state index in [1.807, 2.05) is 188 Å². The van der Waals surface area contributed by atoms with Crippen LogP contribution in [-0.2, 0) is 0 Å². The fourth-order valence-electron chi connectivity index (χ4n) is 11.2. The van der Waals surface area contributed by atoms with Crippen molar-refractivity contribution in [1.82, 2.24) is 59.8 Å². The number of aromatic nitrogens is 12. The lowest BCUT2D eigenvalue weighted by Gasteiger charge is -2.11. The van der Waals surface area contributed by atoms with Crippen molar-refractivity contribution in [3.05, 3.63) is 341 Å². The molecule has 12 nitrogen and oxygen atoms in total. The van der Waals surface area contributed by atoms with E-state index in [1.165, 1.54) is 0 Å². The second kappa shape index (κ2) is 27.6. The highest BCUT2D eigenvalue weighted by Gasteiger charge is 2.17. The van der Waals surface area contributed by atoms with E-state index in [9.17, 15) is 0 Å². The molecule has 8 aromatic carbocycles. The first-order chi connectivity index (χ1) is 47.5. The van der Waals surface area contributed by atoms with Gasteiger partial charge in [0.2, 0.25) is 0 Å². The molecule has 8 aromatic heterocycles. The average molecular weight is 1230 g/mol. The molecule has 0 unspecified atom stereocenters. The Morgan fingerprint density at radius 3 is 0.750 bits per heavy atom. The Morgan fingerprint density at radius 2 is 0.427 bits per heavy atom. The molecule has 0 amide bonds. The molecule has 0 aliphatic carbocycles. The summed E-state index contributed by atoms with van der Waals surface area (Å²) in [5, 5.41) is 0. The number of benzene rings is 8. The third kappa shape index (κ3) is 13.5. The molecule has 16 aromatic rings. The van der Waals surface area contributed by atoms with Gasteiger partial charge in [0.15, 0.2) is 34.9 Å². The molecule has 0 fully saturated rings. The molecule has 0 bridgehead atoms. The number of rotatable bonds is 14. The van der Waals surface area contributed by atoms with Crippen molar-refractivity contribution in [2.45, 2.75) is 0 Å². The van der Waals surface area contributed by atoms with Gasteiger partial charge in [-0.25, -0.2) is 39.9 Å². The summed E-state index contributed by atoms with van der Waals surface area (Å²) in [7, 11) is 0. The molecule has 0 saturated heterocycles. The van der Waals surface area contributed by atoms with E-state index in [2.05, 4.69) is 141 Å². The standard InChI is InChI=1S/2C42H28N6/c1-3-9-32(10-4-1)40-46-41(33-11-5-2-6-12-33)48-42(47-40)34-21-19-30(20-22-34)29-15-17-31(18-16-29)37-25-38(35-13-7-23-43-27-35)45-39(26-37)36-14-8-24-44-28-36;1-3-9-33(10-4-1)40-46-41(34-11-5-2-6-12-34)48-42(47-40)35-20-18-30(19-21-35)29-14-16-31(17-15-29)36-27-38(32-22-25-43-26-23-32)45-39(28-36)37-13-7-8-24-44-37/h2*1-28H. The molecule has 8 heterocycles. The van der Waals surface area contributed by atoms with Crippen LogP contribution in [0.2, 0.25) is 0 Å². The van der Waals surface area contributed by atoms with E-state index in [-0.39, 0.29) is 0 Å². The first-order valence-corrected chi connectivity index (χ1v) is 31.4. The van der Waals surface area contributed by atoms with Crippen LogP contribution in [-0.4, -0.2) is 59.8 Å². The Balaban J connectivity index is 0.000000158. The van der Waals surface area contributed by atoms with Gasteiger partial charge in [-0.05, 0) is 117 Å². The first kappa shape index (κ1) is 59.0. The average Bonchev–Trinajstić information content (AvgIpc) is 0.904. The van der Waals surface area contributed by atoms with Gasteiger partial charge in [-0.15, -0.1) is 0 Å². The quantitative estimate of drug-likeness (QED) is 0.102. The van der Waals surface area contributed by atoms with Gasteiger partial charge >= 0.3 is 0 Å². The third-order valence-corrected chi connectivity index (χ3v) is 16.3. The van der Waals surface area contributed by atoms with Crippen LogP contribution in [0.25, 0.3) is 158 Å². The lowest BCUT2D eigenvalue weighted by atomic mass is 9.97. The Labute approximate surface area is 555 Å². The van der Waals surface area contributed by atoms with Crippen molar-refractivity contribution < 1.29 is 0 Å². The highest BCUT2D eigenvalue weighted by Crippen LogP contribution is 2.36. The molecule has 452 valence electrons. The van der Waals surface area contributed by atoms with E-state index >= 15 is 0 Å². The second-order valence-electron chi connectivity index (χ2n) is 22.6. The molecule has 0 aliphatic rings. The maximum Gasteiger partial charge on any atom is 0.164 e. The van der Waals surface area contributed by atoms with Crippen LogP contribution < -0.4 is 0 Å². The molecule has 0 saturated carbocycles. The highest BCUT2D eigenvalue weighted by molar-refractivity contribution is 5.81. The smallest absolute Gasteiger partial charge is 0.164 e. The van der Waals surface area contributed by atoms with E-state index in [0.717, 1.165) is 123 Å². The third-order valence-electron chi connectivity index (χ3n) is 16.3. The normalized spacial score (nSPS) is 10.9. The zero-order chi connectivity index (χ0) is 64.2. The lowest BCUT2D eigenvalue weighted by molar-refractivity contribution is 1.07. The van der Waals surface area contributed by atoms with Gasteiger partial charge in [0, 0.05) is 93.4 Å². The van der Waals surface area contributed by atoms with Crippen LogP contribution in [0.3, 0.4) is 0 Å². The molecule has 0 radical (unpaired) electrons. The van der Waals surface area contributed by atoms with Crippen molar-refractivity contribution in [2.24, 2.45) is 0 Å². The van der Waals surface area contributed by atoms with E-state index in [4.69, 9.17) is 39.9 Å². The van der Waals surface area contributed by atoms with Gasteiger partial charge in [-0.1, -0.05) is 224 Å². The molecule has 0 spiro atoms. The highest BCUT2D eigenvalue weighted by atomic mass is 15.0. The molecule has 0 aliphatic heterocycles. The van der Waals surface area contributed by atoms with Crippen LogP contribution in [0.15, 0.2) is 341 Å². The fourth-order valence-corrected chi connectivity index (χ4v) is 11.2. The van der Waals surface area contributed by atoms with Crippen molar-refractivity contribution in [3.63, 3.8) is 0 Å². The van der Waals surface area contributed by atoms with Gasteiger partial charge in [0.25, 0.3) is 0 Å². The minimum Gasteiger partial charge on any atom is -0.265 e. The van der Waals surface area contributed by atoms with E-state index in [1.54, 1.807) is 31.0 Å². The molecular formula is C84H56N12. The second-order valence-corrected chi connectivity index (χ2v) is 22.6. The predicted octanol–water partition coefficient (Wildman–Crippen LogP) is 19.5. The first-order valence-electron chi connectivity index (χ1n) is 31.4. The van der Waals surface area contributed by atoms with Crippen molar-refractivity contribution >= 4 is 0 Å². The molecule has 0 N–H and O–H groups in total. The summed E-state index contributed by atoms with van der Waals surface area (Å²) in [4.78, 5) is 56.3. The summed E-state index contributed by atoms with van der Waals surface area (Å²) < 4.78 is 0. The minimum absolute atomic E-state index is 0.635. The van der Waals surface area contributed by atoms with Crippen LogP contribution in [0.1, 0.15) is 0 Å². The summed E-state index contributed by atoms with van der Waals surface area (Å²) in [6.07, 6.45) is 12.6. The SMILES string of the molecule is c1ccc(-c2nc(-c3ccccc3)nc(-c3ccc(-c4ccc(-c5cc(-c6cccnc6)nc(-c6cccnc6)c5)cc4)cc3)n2)cc1.c1ccc(-c2nc(-c3ccccc3)nc(-c3ccc(-c4ccc(-c5cc(-c6ccncc6)nc(-c6ccccn6)c5)cc4)cc3)n2)cc1. The van der Waals surface area contributed by atoms with Crippen molar-refractivity contribution in [3.8, 4) is 158 Å². The van der Waals surface area contributed by atoms with Crippen LogP contribution in [0.4, 0.5) is 0 Å². The van der Waals surface area contributed by atoms with Gasteiger partial charge in [0.05, 0.1) is 28.5 Å². The largest absolute Gasteiger partial charge is 0.265 e. The summed E-state index contributed by atoms with van der Waals surface area (Å²) in [6.45, 7) is 0. The monoisotopic (exact) mass is 1230 g/mol. The number of pyridine rings is 6. The summed E-state index contributed by atoms with van der Waals surface area (Å²) in [5.74, 6) is 3.86. The lowest BCUT2D eigenvalue weighted by Crippen LogP contribution is -2.00. The molecule has 96 heavy (non-hydrogen) atoms. The van der Waals surface area contributed by atoms with Crippen LogP contribution in [0, 0.1) is 0 Å². The zero-order valence-corrected chi connectivity index (χ0v) is 51.7. The van der Waals surface area contributed by atoms with Crippen molar-refractivity contribution in [1.29, 1.82) is 0 Å². The predicted molar refractivity (Wildman–Crippen MR) is 383 cm³/mol. The molecule has 12 heteroatoms. The number of hydrogen-bond donors (Lipinski definition) is 0. The zero-order valence-electron chi connectivity index (χ0n) is 51.7. The van der Waals surface area contributed by atoms with E-state index < -0.39 is 0 Å². The summed E-state index contributed by atoms with van der Waals surface area (Å²) in [5.41, 5.74) is 21.6. The van der Waals surface area contributed by atoms with Crippen LogP contribution >= 0.6 is 0 Å². The maximum absolute atomic E-state index is 4.95. The summed E-state index contributed by atoms with van der Waals surface area (Å²) >= 11 is 0.